The number of benzene rings is 2. The lowest BCUT2D eigenvalue weighted by Crippen LogP contribution is -2.58. The standard InChI is InChI=1S/C22H24N2O5/c1-28-21(26)14-18-22(27)23-11-12-24(18)20(25)15-29-19-10-6-5-9-17(19)13-16-7-3-2-4-8-16/h2-10,18H,11-15H2,1H3,(H,23,27). The minimum absolute atomic E-state index is 0.182. The van der Waals surface area contributed by atoms with E-state index in [2.05, 4.69) is 10.1 Å². The van der Waals surface area contributed by atoms with E-state index in [0.717, 1.165) is 11.1 Å². The molecule has 2 amide bonds. The van der Waals surface area contributed by atoms with Crippen molar-refractivity contribution in [3.05, 3.63) is 65.7 Å². The number of hydrogen-bond donors (Lipinski definition) is 1. The summed E-state index contributed by atoms with van der Waals surface area (Å²) in [5.41, 5.74) is 2.11. The molecular weight excluding hydrogens is 372 g/mol. The van der Waals surface area contributed by atoms with Crippen molar-refractivity contribution in [1.82, 2.24) is 10.2 Å². The van der Waals surface area contributed by atoms with Crippen LogP contribution in [0.25, 0.3) is 0 Å². The number of rotatable bonds is 7. The van der Waals surface area contributed by atoms with Crippen LogP contribution in [0.1, 0.15) is 17.5 Å². The van der Waals surface area contributed by atoms with Gasteiger partial charge in [-0.15, -0.1) is 0 Å². The zero-order chi connectivity index (χ0) is 20.6. The molecule has 0 spiro atoms. The van der Waals surface area contributed by atoms with E-state index in [4.69, 9.17) is 4.74 Å². The maximum Gasteiger partial charge on any atom is 0.308 e. The molecule has 0 aromatic heterocycles. The molecule has 29 heavy (non-hydrogen) atoms. The molecule has 1 fully saturated rings. The Morgan fingerprint density at radius 3 is 2.59 bits per heavy atom. The van der Waals surface area contributed by atoms with Gasteiger partial charge in [0.1, 0.15) is 11.8 Å². The highest BCUT2D eigenvalue weighted by molar-refractivity contribution is 5.92. The van der Waals surface area contributed by atoms with Crippen molar-refractivity contribution < 1.29 is 23.9 Å². The zero-order valence-electron chi connectivity index (χ0n) is 16.3. The van der Waals surface area contributed by atoms with E-state index in [1.807, 2.05) is 54.6 Å². The first-order valence-corrected chi connectivity index (χ1v) is 9.47. The molecule has 1 aliphatic rings. The summed E-state index contributed by atoms with van der Waals surface area (Å²) >= 11 is 0. The highest BCUT2D eigenvalue weighted by Gasteiger charge is 2.35. The van der Waals surface area contributed by atoms with Crippen LogP contribution in [0.2, 0.25) is 0 Å². The molecule has 0 saturated carbocycles. The van der Waals surface area contributed by atoms with Gasteiger partial charge in [0.15, 0.2) is 6.61 Å². The van der Waals surface area contributed by atoms with Crippen molar-refractivity contribution in [1.29, 1.82) is 0 Å². The quantitative estimate of drug-likeness (QED) is 0.718. The van der Waals surface area contributed by atoms with Crippen molar-refractivity contribution in [2.24, 2.45) is 0 Å². The molecule has 1 heterocycles. The number of ether oxygens (including phenoxy) is 2. The van der Waals surface area contributed by atoms with E-state index in [9.17, 15) is 14.4 Å². The summed E-state index contributed by atoms with van der Waals surface area (Å²) in [5.74, 6) is -0.627. The Labute approximate surface area is 169 Å². The van der Waals surface area contributed by atoms with E-state index in [-0.39, 0.29) is 24.8 Å². The highest BCUT2D eigenvalue weighted by atomic mass is 16.5. The van der Waals surface area contributed by atoms with Gasteiger partial charge in [-0.2, -0.15) is 0 Å². The molecule has 1 saturated heterocycles. The first-order chi connectivity index (χ1) is 14.1. The lowest BCUT2D eigenvalue weighted by atomic mass is 10.0. The SMILES string of the molecule is COC(=O)CC1C(=O)NCCN1C(=O)COc1ccccc1Cc1ccccc1. The van der Waals surface area contributed by atoms with Gasteiger partial charge in [-0.25, -0.2) is 0 Å². The predicted molar refractivity (Wildman–Crippen MR) is 106 cm³/mol. The lowest BCUT2D eigenvalue weighted by molar-refractivity contribution is -0.151. The molecule has 1 N–H and O–H groups in total. The molecule has 0 radical (unpaired) electrons. The van der Waals surface area contributed by atoms with Gasteiger partial charge in [-0.05, 0) is 17.2 Å². The largest absolute Gasteiger partial charge is 0.483 e. The lowest BCUT2D eigenvalue weighted by Gasteiger charge is -2.34. The number of nitrogens with zero attached hydrogens (tertiary/aromatic N) is 1. The van der Waals surface area contributed by atoms with Crippen molar-refractivity contribution in [3.8, 4) is 5.75 Å². The number of methoxy groups -OCH3 is 1. The molecule has 1 aliphatic heterocycles. The number of piperazine rings is 1. The fourth-order valence-corrected chi connectivity index (χ4v) is 3.29. The molecule has 1 unspecified atom stereocenters. The van der Waals surface area contributed by atoms with E-state index >= 15 is 0 Å². The Bertz CT molecular complexity index is 869. The van der Waals surface area contributed by atoms with Gasteiger partial charge in [-0.3, -0.25) is 14.4 Å². The number of hydrogen-bond acceptors (Lipinski definition) is 5. The topological polar surface area (TPSA) is 84.9 Å². The summed E-state index contributed by atoms with van der Waals surface area (Å²) in [6, 6.07) is 16.7. The van der Waals surface area contributed by atoms with Gasteiger partial charge < -0.3 is 19.7 Å². The van der Waals surface area contributed by atoms with Gasteiger partial charge in [0, 0.05) is 19.5 Å². The highest BCUT2D eigenvalue weighted by Crippen LogP contribution is 2.22. The summed E-state index contributed by atoms with van der Waals surface area (Å²) in [6.07, 6.45) is 0.501. The van der Waals surface area contributed by atoms with Crippen LogP contribution in [0.15, 0.2) is 54.6 Å². The molecule has 0 bridgehead atoms. The van der Waals surface area contributed by atoms with Crippen LogP contribution in [0.3, 0.4) is 0 Å². The molecule has 152 valence electrons. The van der Waals surface area contributed by atoms with Gasteiger partial charge in [-0.1, -0.05) is 48.5 Å². The molecule has 2 aromatic rings. The van der Waals surface area contributed by atoms with Crippen molar-refractivity contribution in [2.75, 3.05) is 26.8 Å². The fourth-order valence-electron chi connectivity index (χ4n) is 3.29. The van der Waals surface area contributed by atoms with Crippen LogP contribution in [-0.4, -0.2) is 55.5 Å². The third-order valence-corrected chi connectivity index (χ3v) is 4.80. The average molecular weight is 396 g/mol. The van der Waals surface area contributed by atoms with E-state index in [0.29, 0.717) is 25.3 Å². The number of esters is 1. The zero-order valence-corrected chi connectivity index (χ0v) is 16.3. The second-order valence-corrected chi connectivity index (χ2v) is 6.73. The average Bonchev–Trinajstić information content (AvgIpc) is 2.75. The predicted octanol–water partition coefficient (Wildman–Crippen LogP) is 1.55. The normalized spacial score (nSPS) is 16.1. The number of amides is 2. The first-order valence-electron chi connectivity index (χ1n) is 9.47. The third-order valence-electron chi connectivity index (χ3n) is 4.80. The summed E-state index contributed by atoms with van der Waals surface area (Å²) in [4.78, 5) is 37.9. The Kier molecular flexibility index (Phi) is 6.84. The van der Waals surface area contributed by atoms with Crippen molar-refractivity contribution in [3.63, 3.8) is 0 Å². The summed E-state index contributed by atoms with van der Waals surface area (Å²) < 4.78 is 10.4. The number of carbonyl (C=O) groups excluding carboxylic acids is 3. The van der Waals surface area contributed by atoms with E-state index in [1.54, 1.807) is 0 Å². The molecule has 0 aliphatic carbocycles. The molecule has 1 atom stereocenters. The first kappa shape index (κ1) is 20.4. The van der Waals surface area contributed by atoms with Crippen molar-refractivity contribution >= 4 is 17.8 Å². The van der Waals surface area contributed by atoms with Gasteiger partial charge in [0.2, 0.25) is 5.91 Å². The van der Waals surface area contributed by atoms with Crippen LogP contribution < -0.4 is 10.1 Å². The van der Waals surface area contributed by atoms with Crippen LogP contribution in [0.4, 0.5) is 0 Å². The van der Waals surface area contributed by atoms with Crippen LogP contribution in [0, 0.1) is 0 Å². The minimum Gasteiger partial charge on any atom is -0.483 e. The van der Waals surface area contributed by atoms with Crippen LogP contribution in [0.5, 0.6) is 5.75 Å². The smallest absolute Gasteiger partial charge is 0.308 e. The molecular formula is C22H24N2O5. The summed E-state index contributed by atoms with van der Waals surface area (Å²) in [6.45, 7) is 0.449. The summed E-state index contributed by atoms with van der Waals surface area (Å²) in [5, 5.41) is 2.68. The molecule has 7 heteroatoms. The third kappa shape index (κ3) is 5.34. The maximum absolute atomic E-state index is 12.7. The van der Waals surface area contributed by atoms with Gasteiger partial charge >= 0.3 is 5.97 Å². The van der Waals surface area contributed by atoms with Gasteiger partial charge in [0.25, 0.3) is 5.91 Å². The maximum atomic E-state index is 12.7. The Balaban J connectivity index is 1.67. The Morgan fingerprint density at radius 1 is 1.10 bits per heavy atom. The summed E-state index contributed by atoms with van der Waals surface area (Å²) in [7, 11) is 1.25. The van der Waals surface area contributed by atoms with Crippen molar-refractivity contribution in [2.45, 2.75) is 18.9 Å². The number of carbonyl (C=O) groups is 3. The van der Waals surface area contributed by atoms with Gasteiger partial charge in [0.05, 0.1) is 13.5 Å². The minimum atomic E-state index is -0.883. The number of para-hydroxylation sites is 1. The molecule has 3 rings (SSSR count). The Morgan fingerprint density at radius 2 is 1.83 bits per heavy atom. The molecule has 7 nitrogen and oxygen atoms in total. The second-order valence-electron chi connectivity index (χ2n) is 6.73. The monoisotopic (exact) mass is 396 g/mol. The van der Waals surface area contributed by atoms with Crippen LogP contribution in [-0.2, 0) is 25.5 Å². The second kappa shape index (κ2) is 9.73. The fraction of sp³-hybridized carbons (Fsp3) is 0.318. The number of nitrogens with one attached hydrogen (secondary N) is 1. The van der Waals surface area contributed by atoms with E-state index in [1.165, 1.54) is 12.0 Å². The van der Waals surface area contributed by atoms with E-state index < -0.39 is 12.0 Å². The Hall–Kier alpha value is -3.35. The molecule has 2 aromatic carbocycles. The van der Waals surface area contributed by atoms with Crippen LogP contribution >= 0.6 is 0 Å².